The van der Waals surface area contributed by atoms with E-state index in [0.29, 0.717) is 12.2 Å². The van der Waals surface area contributed by atoms with Gasteiger partial charge in [-0.2, -0.15) is 0 Å². The molecule has 0 unspecified atom stereocenters. The van der Waals surface area contributed by atoms with Crippen LogP contribution in [0, 0.1) is 5.92 Å². The van der Waals surface area contributed by atoms with Crippen LogP contribution in [0.3, 0.4) is 0 Å². The van der Waals surface area contributed by atoms with E-state index in [1.54, 1.807) is 11.0 Å². The number of H-pyrrole nitrogens is 1. The molecule has 0 spiro atoms. The second-order valence-corrected chi connectivity index (χ2v) is 9.07. The molecule has 0 saturated carbocycles. The molecule has 0 aliphatic carbocycles. The number of carbonyl (C=O) groups excluding carboxylic acids is 1. The quantitative estimate of drug-likeness (QED) is 0.700. The van der Waals surface area contributed by atoms with Crippen LogP contribution in [0.5, 0.6) is 0 Å². The lowest BCUT2D eigenvalue weighted by molar-refractivity contribution is 0.0982. The molecule has 1 aliphatic rings. The molecule has 4 rings (SSSR count). The predicted molar refractivity (Wildman–Crippen MR) is 122 cm³/mol. The molecule has 0 radical (unpaired) electrons. The minimum Gasteiger partial charge on any atom is -0.305 e. The summed E-state index contributed by atoms with van der Waals surface area (Å²) in [4.78, 5) is 48.1. The van der Waals surface area contributed by atoms with E-state index in [2.05, 4.69) is 9.97 Å². The van der Waals surface area contributed by atoms with Gasteiger partial charge in [-0.25, -0.2) is 9.78 Å². The van der Waals surface area contributed by atoms with E-state index in [1.807, 2.05) is 58.9 Å². The Labute approximate surface area is 180 Å². The molecular formula is C24H28N4O3. The smallest absolute Gasteiger partial charge is 0.305 e. The molecule has 3 heterocycles. The SMILES string of the molecule is CC(C)Cn1c(=O)[nH]c(=O)c2c(C(=O)N3c4ccccc4C[C@H]3C)cc(C(C)C)nc21. The molecule has 3 aromatic rings. The number of carbonyl (C=O) groups is 1. The number of aromatic amines is 1. The number of para-hydroxylation sites is 1. The maximum absolute atomic E-state index is 13.8. The highest BCUT2D eigenvalue weighted by molar-refractivity contribution is 6.14. The summed E-state index contributed by atoms with van der Waals surface area (Å²) in [6.45, 7) is 10.3. The van der Waals surface area contributed by atoms with Crippen LogP contribution in [0.1, 0.15) is 62.2 Å². The van der Waals surface area contributed by atoms with Crippen molar-refractivity contribution in [3.63, 3.8) is 0 Å². The largest absolute Gasteiger partial charge is 0.330 e. The fourth-order valence-corrected chi connectivity index (χ4v) is 4.30. The van der Waals surface area contributed by atoms with Crippen molar-refractivity contribution >= 4 is 22.6 Å². The summed E-state index contributed by atoms with van der Waals surface area (Å²) in [5.41, 5.74) is 2.13. The zero-order valence-corrected chi connectivity index (χ0v) is 18.6. The van der Waals surface area contributed by atoms with Crippen molar-refractivity contribution in [1.82, 2.24) is 14.5 Å². The van der Waals surface area contributed by atoms with E-state index in [9.17, 15) is 14.4 Å². The van der Waals surface area contributed by atoms with Crippen molar-refractivity contribution < 1.29 is 4.79 Å². The van der Waals surface area contributed by atoms with E-state index in [1.165, 1.54) is 4.57 Å². The number of fused-ring (bicyclic) bond motifs is 2. The Morgan fingerprint density at radius 2 is 1.90 bits per heavy atom. The minimum absolute atomic E-state index is 0.0288. The highest BCUT2D eigenvalue weighted by Crippen LogP contribution is 2.34. The fourth-order valence-electron chi connectivity index (χ4n) is 4.30. The Bertz CT molecular complexity index is 1290. The van der Waals surface area contributed by atoms with Gasteiger partial charge in [0, 0.05) is 24.0 Å². The molecule has 31 heavy (non-hydrogen) atoms. The summed E-state index contributed by atoms with van der Waals surface area (Å²) in [5.74, 6) is -0.0472. The Morgan fingerprint density at radius 3 is 2.58 bits per heavy atom. The average molecular weight is 421 g/mol. The maximum atomic E-state index is 13.8. The van der Waals surface area contributed by atoms with Gasteiger partial charge in [-0.3, -0.25) is 19.1 Å². The Morgan fingerprint density at radius 1 is 1.19 bits per heavy atom. The van der Waals surface area contributed by atoms with E-state index < -0.39 is 11.2 Å². The van der Waals surface area contributed by atoms with Gasteiger partial charge in [0.05, 0.1) is 10.9 Å². The number of pyridine rings is 1. The van der Waals surface area contributed by atoms with Crippen LogP contribution in [0.25, 0.3) is 11.0 Å². The summed E-state index contributed by atoms with van der Waals surface area (Å²) in [6, 6.07) is 9.51. The predicted octanol–water partition coefficient (Wildman–Crippen LogP) is 3.46. The van der Waals surface area contributed by atoms with E-state index in [0.717, 1.165) is 17.7 Å². The van der Waals surface area contributed by atoms with Crippen molar-refractivity contribution in [3.05, 3.63) is 68.0 Å². The molecule has 1 N–H and O–H groups in total. The zero-order chi connectivity index (χ0) is 22.4. The summed E-state index contributed by atoms with van der Waals surface area (Å²) in [5, 5.41) is 0.172. The zero-order valence-electron chi connectivity index (χ0n) is 18.6. The Kier molecular flexibility index (Phi) is 5.29. The normalized spacial score (nSPS) is 15.8. The monoisotopic (exact) mass is 420 g/mol. The van der Waals surface area contributed by atoms with Gasteiger partial charge >= 0.3 is 5.69 Å². The lowest BCUT2D eigenvalue weighted by Gasteiger charge is -2.24. The topological polar surface area (TPSA) is 88.1 Å². The molecule has 1 atom stereocenters. The average Bonchev–Trinajstić information content (AvgIpc) is 3.05. The van der Waals surface area contributed by atoms with Gasteiger partial charge in [0.2, 0.25) is 0 Å². The molecular weight excluding hydrogens is 392 g/mol. The van der Waals surface area contributed by atoms with Crippen LogP contribution in [0.4, 0.5) is 5.69 Å². The molecule has 162 valence electrons. The van der Waals surface area contributed by atoms with Gasteiger partial charge in [0.25, 0.3) is 11.5 Å². The first-order chi connectivity index (χ1) is 14.7. The fraction of sp³-hybridized carbons (Fsp3) is 0.417. The van der Waals surface area contributed by atoms with Gasteiger partial charge in [0.15, 0.2) is 5.65 Å². The van der Waals surface area contributed by atoms with E-state index in [4.69, 9.17) is 0 Å². The number of nitrogens with one attached hydrogen (secondary N) is 1. The molecule has 7 nitrogen and oxygen atoms in total. The van der Waals surface area contributed by atoms with E-state index >= 15 is 0 Å². The molecule has 1 aliphatic heterocycles. The number of anilines is 1. The first-order valence-electron chi connectivity index (χ1n) is 10.8. The summed E-state index contributed by atoms with van der Waals surface area (Å²) in [6.07, 6.45) is 0.760. The number of benzene rings is 1. The number of hydrogen-bond donors (Lipinski definition) is 1. The number of amides is 1. The molecule has 0 bridgehead atoms. The highest BCUT2D eigenvalue weighted by Gasteiger charge is 2.33. The van der Waals surface area contributed by atoms with Crippen molar-refractivity contribution in [2.45, 2.75) is 59.5 Å². The van der Waals surface area contributed by atoms with Crippen LogP contribution < -0.4 is 16.1 Å². The summed E-state index contributed by atoms with van der Waals surface area (Å²) >= 11 is 0. The number of aromatic nitrogens is 3. The van der Waals surface area contributed by atoms with Gasteiger partial charge in [0.1, 0.15) is 0 Å². The van der Waals surface area contributed by atoms with Crippen LogP contribution in [0.2, 0.25) is 0 Å². The van der Waals surface area contributed by atoms with Crippen LogP contribution in [-0.4, -0.2) is 26.5 Å². The highest BCUT2D eigenvalue weighted by atomic mass is 16.2. The second kappa shape index (κ2) is 7.80. The van der Waals surface area contributed by atoms with Crippen molar-refractivity contribution in [2.75, 3.05) is 4.90 Å². The molecule has 2 aromatic heterocycles. The van der Waals surface area contributed by atoms with Crippen LogP contribution >= 0.6 is 0 Å². The van der Waals surface area contributed by atoms with Crippen LogP contribution in [0.15, 0.2) is 39.9 Å². The standard InChI is InChI=1S/C24H28N4O3/c1-13(2)12-27-21-20(22(29)26-24(27)31)17(11-18(25-21)14(3)4)23(30)28-15(5)10-16-8-6-7-9-19(16)28/h6-9,11,13-15H,10,12H2,1-5H3,(H,26,29,31)/t15-/m1/s1. The number of hydrogen-bond acceptors (Lipinski definition) is 4. The van der Waals surface area contributed by atoms with Crippen molar-refractivity contribution in [2.24, 2.45) is 5.92 Å². The third kappa shape index (κ3) is 3.58. The number of rotatable bonds is 4. The van der Waals surface area contributed by atoms with Gasteiger partial charge < -0.3 is 4.90 Å². The molecule has 0 saturated heterocycles. The summed E-state index contributed by atoms with van der Waals surface area (Å²) < 4.78 is 1.48. The van der Waals surface area contributed by atoms with Crippen molar-refractivity contribution in [3.8, 4) is 0 Å². The Balaban J connectivity index is 2.01. The van der Waals surface area contributed by atoms with Crippen LogP contribution in [-0.2, 0) is 13.0 Å². The van der Waals surface area contributed by atoms with Gasteiger partial charge in [-0.15, -0.1) is 0 Å². The third-order valence-corrected chi connectivity index (χ3v) is 5.76. The second-order valence-electron chi connectivity index (χ2n) is 9.07. The lowest BCUT2D eigenvalue weighted by Crippen LogP contribution is -2.38. The Hall–Kier alpha value is -3.22. The molecule has 7 heteroatoms. The third-order valence-electron chi connectivity index (χ3n) is 5.76. The molecule has 0 fully saturated rings. The van der Waals surface area contributed by atoms with Crippen molar-refractivity contribution in [1.29, 1.82) is 0 Å². The van der Waals surface area contributed by atoms with Gasteiger partial charge in [-0.05, 0) is 42.9 Å². The minimum atomic E-state index is -0.578. The lowest BCUT2D eigenvalue weighted by atomic mass is 10.0. The molecule has 1 aromatic carbocycles. The maximum Gasteiger partial charge on any atom is 0.330 e. The number of nitrogens with zero attached hydrogens (tertiary/aromatic N) is 3. The molecule has 1 amide bonds. The van der Waals surface area contributed by atoms with E-state index in [-0.39, 0.29) is 40.4 Å². The van der Waals surface area contributed by atoms with Gasteiger partial charge in [-0.1, -0.05) is 45.9 Å². The first-order valence-corrected chi connectivity index (χ1v) is 10.8. The summed E-state index contributed by atoms with van der Waals surface area (Å²) in [7, 11) is 0. The first kappa shape index (κ1) is 21.0.